The molecule has 0 fully saturated rings. The summed E-state index contributed by atoms with van der Waals surface area (Å²) in [6.45, 7) is 1.72. The Morgan fingerprint density at radius 3 is 2.60 bits per heavy atom. The maximum absolute atomic E-state index is 11.1. The van der Waals surface area contributed by atoms with Crippen molar-refractivity contribution in [1.82, 2.24) is 0 Å². The summed E-state index contributed by atoms with van der Waals surface area (Å²) in [4.78, 5) is 11.1. The molecule has 0 amide bonds. The van der Waals surface area contributed by atoms with E-state index < -0.39 is 6.04 Å². The smallest absolute Gasteiger partial charge is 0.327 e. The lowest BCUT2D eigenvalue weighted by atomic mass is 10.2. The third kappa shape index (κ3) is 3.98. The Bertz CT molecular complexity index is 331. The van der Waals surface area contributed by atoms with Gasteiger partial charge in [-0.3, -0.25) is 0 Å². The van der Waals surface area contributed by atoms with Crippen molar-refractivity contribution in [2.24, 2.45) is 0 Å². The van der Waals surface area contributed by atoms with Crippen LogP contribution in [0.3, 0.4) is 0 Å². The second kappa shape index (κ2) is 6.53. The molecule has 1 aromatic rings. The molecular weight excluding hydrogens is 237 g/mol. The van der Waals surface area contributed by atoms with Crippen LogP contribution in [0, 0.1) is 0 Å². The molecule has 0 spiro atoms. The van der Waals surface area contributed by atoms with Crippen LogP contribution in [0.15, 0.2) is 24.3 Å². The first-order valence-corrected chi connectivity index (χ1v) is 4.62. The fraction of sp³-hybridized carbons (Fsp3) is 0.300. The van der Waals surface area contributed by atoms with Gasteiger partial charge in [0.2, 0.25) is 0 Å². The fourth-order valence-electron chi connectivity index (χ4n) is 1.05. The van der Waals surface area contributed by atoms with Crippen molar-refractivity contribution in [1.29, 1.82) is 0 Å². The van der Waals surface area contributed by atoms with Crippen molar-refractivity contribution >= 4 is 35.7 Å². The van der Waals surface area contributed by atoms with Crippen molar-refractivity contribution in [3.05, 3.63) is 29.3 Å². The van der Waals surface area contributed by atoms with Gasteiger partial charge in [-0.15, -0.1) is 12.4 Å². The number of carbonyl (C=O) groups excluding carboxylic acids is 1. The largest absolute Gasteiger partial charge is 0.467 e. The van der Waals surface area contributed by atoms with Gasteiger partial charge in [0.15, 0.2) is 0 Å². The van der Waals surface area contributed by atoms with Gasteiger partial charge in [0.25, 0.3) is 0 Å². The Morgan fingerprint density at radius 2 is 2.07 bits per heavy atom. The van der Waals surface area contributed by atoms with Gasteiger partial charge in [-0.25, -0.2) is 4.79 Å². The van der Waals surface area contributed by atoms with Gasteiger partial charge >= 0.3 is 5.97 Å². The predicted molar refractivity (Wildman–Crippen MR) is 63.8 cm³/mol. The van der Waals surface area contributed by atoms with Gasteiger partial charge in [0.05, 0.1) is 17.8 Å². The van der Waals surface area contributed by atoms with E-state index in [-0.39, 0.29) is 18.4 Å². The molecule has 5 heteroatoms. The zero-order valence-corrected chi connectivity index (χ0v) is 10.1. The lowest BCUT2D eigenvalue weighted by molar-refractivity contribution is -0.141. The molecule has 0 aliphatic heterocycles. The summed E-state index contributed by atoms with van der Waals surface area (Å²) in [6, 6.07) is 6.84. The lowest BCUT2D eigenvalue weighted by Gasteiger charge is -2.13. The van der Waals surface area contributed by atoms with Gasteiger partial charge in [-0.2, -0.15) is 0 Å². The lowest BCUT2D eigenvalue weighted by Crippen LogP contribution is -2.27. The van der Waals surface area contributed by atoms with E-state index in [0.717, 1.165) is 5.69 Å². The van der Waals surface area contributed by atoms with Crippen LogP contribution < -0.4 is 5.32 Å². The van der Waals surface area contributed by atoms with E-state index in [4.69, 9.17) is 11.6 Å². The zero-order chi connectivity index (χ0) is 10.6. The first-order chi connectivity index (χ1) is 6.65. The molecule has 0 heterocycles. The van der Waals surface area contributed by atoms with Crippen LogP contribution in [0.5, 0.6) is 0 Å². The number of rotatable bonds is 3. The summed E-state index contributed by atoms with van der Waals surface area (Å²) in [5, 5.41) is 3.54. The van der Waals surface area contributed by atoms with E-state index in [2.05, 4.69) is 10.1 Å². The Kier molecular flexibility index (Phi) is 6.13. The molecule has 0 radical (unpaired) electrons. The summed E-state index contributed by atoms with van der Waals surface area (Å²) < 4.78 is 4.58. The molecule has 1 rings (SSSR count). The number of benzene rings is 1. The minimum Gasteiger partial charge on any atom is -0.467 e. The maximum Gasteiger partial charge on any atom is 0.327 e. The molecule has 84 valence electrons. The van der Waals surface area contributed by atoms with E-state index in [0.29, 0.717) is 5.02 Å². The number of carbonyl (C=O) groups is 1. The van der Waals surface area contributed by atoms with Crippen LogP contribution in [0.25, 0.3) is 0 Å². The first-order valence-electron chi connectivity index (χ1n) is 4.24. The number of methoxy groups -OCH3 is 1. The van der Waals surface area contributed by atoms with Crippen molar-refractivity contribution in [2.45, 2.75) is 13.0 Å². The van der Waals surface area contributed by atoms with Crippen LogP contribution in [0.4, 0.5) is 5.69 Å². The second-order valence-electron chi connectivity index (χ2n) is 2.87. The maximum atomic E-state index is 11.1. The number of para-hydroxylation sites is 1. The number of ether oxygens (including phenoxy) is 1. The molecule has 0 saturated heterocycles. The van der Waals surface area contributed by atoms with E-state index in [9.17, 15) is 4.79 Å². The zero-order valence-electron chi connectivity index (χ0n) is 8.49. The van der Waals surface area contributed by atoms with Crippen LogP contribution in [-0.4, -0.2) is 19.1 Å². The molecule has 15 heavy (non-hydrogen) atoms. The van der Waals surface area contributed by atoms with Gasteiger partial charge in [0, 0.05) is 0 Å². The van der Waals surface area contributed by atoms with Gasteiger partial charge in [0.1, 0.15) is 6.04 Å². The summed E-state index contributed by atoms with van der Waals surface area (Å²) in [5.74, 6) is -0.315. The highest BCUT2D eigenvalue weighted by Gasteiger charge is 2.13. The summed E-state index contributed by atoms with van der Waals surface area (Å²) in [6.07, 6.45) is 0. The highest BCUT2D eigenvalue weighted by atomic mass is 35.5. The van der Waals surface area contributed by atoms with Crippen LogP contribution >= 0.6 is 24.0 Å². The molecule has 0 aliphatic rings. The highest BCUT2D eigenvalue weighted by Crippen LogP contribution is 2.21. The number of hydrogen-bond acceptors (Lipinski definition) is 3. The van der Waals surface area contributed by atoms with Crippen molar-refractivity contribution < 1.29 is 9.53 Å². The molecule has 1 atom stereocenters. The molecule has 0 saturated carbocycles. The van der Waals surface area contributed by atoms with E-state index in [1.807, 2.05) is 18.2 Å². The SMILES string of the molecule is COC(=O)[C@H](C)Nc1ccccc1Cl.Cl. The molecule has 0 unspecified atom stereocenters. The number of nitrogens with one attached hydrogen (secondary N) is 1. The van der Waals surface area contributed by atoms with Crippen molar-refractivity contribution in [3.63, 3.8) is 0 Å². The molecule has 0 aliphatic carbocycles. The average Bonchev–Trinajstić information content (AvgIpc) is 2.20. The molecule has 3 nitrogen and oxygen atoms in total. The van der Waals surface area contributed by atoms with Crippen LogP contribution in [-0.2, 0) is 9.53 Å². The Hall–Kier alpha value is -0.930. The Labute approximate surface area is 100 Å². The molecule has 0 aromatic heterocycles. The molecule has 1 N–H and O–H groups in total. The minimum atomic E-state index is -0.403. The highest BCUT2D eigenvalue weighted by molar-refractivity contribution is 6.33. The number of halogens is 2. The average molecular weight is 250 g/mol. The Balaban J connectivity index is 0.00000196. The van der Waals surface area contributed by atoms with Crippen molar-refractivity contribution in [2.75, 3.05) is 12.4 Å². The second-order valence-corrected chi connectivity index (χ2v) is 3.28. The third-order valence-electron chi connectivity index (χ3n) is 1.80. The van der Waals surface area contributed by atoms with Gasteiger partial charge in [-0.1, -0.05) is 23.7 Å². The minimum absolute atomic E-state index is 0. The first kappa shape index (κ1) is 14.1. The summed E-state index contributed by atoms with van der Waals surface area (Å²) >= 11 is 5.90. The standard InChI is InChI=1S/C10H12ClNO2.ClH/c1-7(10(13)14-2)12-9-6-4-3-5-8(9)11;/h3-7,12H,1-2H3;1H/t7-;/m0./s1. The number of anilines is 1. The summed E-state index contributed by atoms with van der Waals surface area (Å²) in [7, 11) is 1.35. The number of esters is 1. The van der Waals surface area contributed by atoms with Gasteiger partial charge in [-0.05, 0) is 19.1 Å². The molecule has 1 aromatic carbocycles. The van der Waals surface area contributed by atoms with E-state index in [1.54, 1.807) is 13.0 Å². The Morgan fingerprint density at radius 1 is 1.47 bits per heavy atom. The normalized spacial score (nSPS) is 11.1. The van der Waals surface area contributed by atoms with E-state index in [1.165, 1.54) is 7.11 Å². The number of hydrogen-bond donors (Lipinski definition) is 1. The third-order valence-corrected chi connectivity index (χ3v) is 2.13. The van der Waals surface area contributed by atoms with Crippen LogP contribution in [0.2, 0.25) is 5.02 Å². The fourth-order valence-corrected chi connectivity index (χ4v) is 1.24. The van der Waals surface area contributed by atoms with E-state index >= 15 is 0 Å². The summed E-state index contributed by atoms with van der Waals surface area (Å²) in [5.41, 5.74) is 0.729. The topological polar surface area (TPSA) is 38.3 Å². The molecular formula is C10H13Cl2NO2. The van der Waals surface area contributed by atoms with Crippen molar-refractivity contribution in [3.8, 4) is 0 Å². The quantitative estimate of drug-likeness (QED) is 0.838. The predicted octanol–water partition coefficient (Wildman–Crippen LogP) is 2.74. The monoisotopic (exact) mass is 249 g/mol. The molecule has 0 bridgehead atoms. The van der Waals surface area contributed by atoms with Crippen LogP contribution in [0.1, 0.15) is 6.92 Å². The van der Waals surface area contributed by atoms with Gasteiger partial charge < -0.3 is 10.1 Å².